The molecule has 1 saturated carbocycles. The Balaban J connectivity index is 2.07. The smallest absolute Gasteiger partial charge is 0.0407 e. The third kappa shape index (κ3) is 3.65. The van der Waals surface area contributed by atoms with Crippen molar-refractivity contribution in [2.75, 3.05) is 5.32 Å². The molecule has 1 N–H and O–H groups in total. The Bertz CT molecular complexity index is 390. The molecule has 0 amide bonds. The van der Waals surface area contributed by atoms with Gasteiger partial charge < -0.3 is 5.32 Å². The molecule has 0 radical (unpaired) electrons. The molecule has 0 atom stereocenters. The van der Waals surface area contributed by atoms with Gasteiger partial charge in [-0.2, -0.15) is 0 Å². The van der Waals surface area contributed by atoms with Crippen LogP contribution in [0.15, 0.2) is 24.3 Å². The molecular formula is C16H24ClN. The maximum absolute atomic E-state index is 5.92. The fraction of sp³-hybridized carbons (Fsp3) is 0.625. The zero-order chi connectivity index (χ0) is 13.4. The van der Waals surface area contributed by atoms with Crippen molar-refractivity contribution in [2.45, 2.75) is 53.0 Å². The Hall–Kier alpha value is -0.690. The lowest BCUT2D eigenvalue weighted by molar-refractivity contribution is 0.105. The molecule has 0 saturated heterocycles. The van der Waals surface area contributed by atoms with Crippen LogP contribution in [0.4, 0.5) is 5.69 Å². The topological polar surface area (TPSA) is 12.0 Å². The number of anilines is 1. The zero-order valence-corrected chi connectivity index (χ0v) is 12.6. The molecule has 1 aromatic rings. The van der Waals surface area contributed by atoms with Crippen LogP contribution in [-0.2, 0) is 0 Å². The summed E-state index contributed by atoms with van der Waals surface area (Å²) < 4.78 is 0. The highest BCUT2D eigenvalue weighted by Crippen LogP contribution is 2.46. The van der Waals surface area contributed by atoms with E-state index in [9.17, 15) is 0 Å². The van der Waals surface area contributed by atoms with E-state index in [0.717, 1.165) is 5.02 Å². The molecule has 0 unspecified atom stereocenters. The highest BCUT2D eigenvalue weighted by Gasteiger charge is 2.38. The van der Waals surface area contributed by atoms with E-state index in [0.29, 0.717) is 16.9 Å². The summed E-state index contributed by atoms with van der Waals surface area (Å²) in [7, 11) is 0. The first-order valence-electron chi connectivity index (χ1n) is 6.78. The van der Waals surface area contributed by atoms with Crippen molar-refractivity contribution in [2.24, 2.45) is 10.8 Å². The van der Waals surface area contributed by atoms with Crippen LogP contribution in [0.25, 0.3) is 0 Å². The van der Waals surface area contributed by atoms with Gasteiger partial charge in [-0.15, -0.1) is 0 Å². The van der Waals surface area contributed by atoms with Crippen LogP contribution in [0.3, 0.4) is 0 Å². The Morgan fingerprint density at radius 2 is 1.50 bits per heavy atom. The Morgan fingerprint density at radius 1 is 1.00 bits per heavy atom. The fourth-order valence-corrected chi connectivity index (χ4v) is 3.86. The predicted molar refractivity (Wildman–Crippen MR) is 80.3 cm³/mol. The van der Waals surface area contributed by atoms with E-state index < -0.39 is 0 Å². The minimum atomic E-state index is 0.422. The Labute approximate surface area is 116 Å². The minimum absolute atomic E-state index is 0.422. The van der Waals surface area contributed by atoms with Gasteiger partial charge in [0.1, 0.15) is 0 Å². The van der Waals surface area contributed by atoms with E-state index in [1.165, 1.54) is 24.9 Å². The third-order valence-electron chi connectivity index (χ3n) is 3.77. The van der Waals surface area contributed by atoms with Crippen molar-refractivity contribution < 1.29 is 0 Å². The van der Waals surface area contributed by atoms with E-state index >= 15 is 0 Å². The molecule has 100 valence electrons. The molecule has 1 aliphatic carbocycles. The van der Waals surface area contributed by atoms with Crippen LogP contribution in [-0.4, -0.2) is 6.04 Å². The molecule has 0 bridgehead atoms. The predicted octanol–water partition coefficient (Wildman–Crippen LogP) is 5.36. The van der Waals surface area contributed by atoms with Gasteiger partial charge in [-0.05, 0) is 54.4 Å². The van der Waals surface area contributed by atoms with Gasteiger partial charge in [0.2, 0.25) is 0 Å². The average Bonchev–Trinajstić information content (AvgIpc) is 2.16. The number of hydrogen-bond donors (Lipinski definition) is 1. The van der Waals surface area contributed by atoms with Crippen molar-refractivity contribution in [3.8, 4) is 0 Å². The zero-order valence-electron chi connectivity index (χ0n) is 11.9. The molecule has 0 aliphatic heterocycles. The summed E-state index contributed by atoms with van der Waals surface area (Å²) in [6, 6.07) is 8.59. The fourth-order valence-electron chi connectivity index (χ4n) is 3.73. The van der Waals surface area contributed by atoms with Crippen molar-refractivity contribution >= 4 is 17.3 Å². The average molecular weight is 266 g/mol. The lowest BCUT2D eigenvalue weighted by Gasteiger charge is -2.45. The van der Waals surface area contributed by atoms with Crippen LogP contribution in [0.2, 0.25) is 5.02 Å². The molecule has 2 rings (SSSR count). The second kappa shape index (κ2) is 4.77. The normalized spacial score (nSPS) is 22.7. The first-order valence-corrected chi connectivity index (χ1v) is 7.16. The summed E-state index contributed by atoms with van der Waals surface area (Å²) in [6.45, 7) is 9.52. The van der Waals surface area contributed by atoms with Crippen molar-refractivity contribution in [3.63, 3.8) is 0 Å². The van der Waals surface area contributed by atoms with E-state index in [-0.39, 0.29) is 0 Å². The van der Waals surface area contributed by atoms with Crippen LogP contribution >= 0.6 is 11.6 Å². The number of benzene rings is 1. The second-order valence-corrected chi connectivity index (χ2v) is 7.70. The van der Waals surface area contributed by atoms with Gasteiger partial charge in [-0.25, -0.2) is 0 Å². The van der Waals surface area contributed by atoms with Crippen LogP contribution in [0.5, 0.6) is 0 Å². The van der Waals surface area contributed by atoms with Gasteiger partial charge in [-0.1, -0.05) is 39.3 Å². The molecule has 1 nitrogen and oxygen atoms in total. The molecule has 1 aromatic carbocycles. The van der Waals surface area contributed by atoms with Gasteiger partial charge in [-0.3, -0.25) is 0 Å². The summed E-state index contributed by atoms with van der Waals surface area (Å²) in [5, 5.41) is 4.46. The van der Waals surface area contributed by atoms with E-state index in [4.69, 9.17) is 11.6 Å². The third-order valence-corrected chi connectivity index (χ3v) is 4.02. The molecule has 18 heavy (non-hydrogen) atoms. The van der Waals surface area contributed by atoms with E-state index in [2.05, 4.69) is 45.1 Å². The summed E-state index contributed by atoms with van der Waals surface area (Å²) in [5.74, 6) is 0. The number of rotatable bonds is 2. The maximum atomic E-state index is 5.92. The first-order chi connectivity index (χ1) is 8.26. The molecule has 2 heteroatoms. The van der Waals surface area contributed by atoms with Gasteiger partial charge >= 0.3 is 0 Å². The van der Waals surface area contributed by atoms with E-state index in [1.54, 1.807) is 0 Å². The van der Waals surface area contributed by atoms with Gasteiger partial charge in [0.05, 0.1) is 0 Å². The number of halogens is 1. The summed E-state index contributed by atoms with van der Waals surface area (Å²) in [4.78, 5) is 0. The quantitative estimate of drug-likeness (QED) is 0.759. The van der Waals surface area contributed by atoms with Crippen LogP contribution in [0, 0.1) is 10.8 Å². The van der Waals surface area contributed by atoms with Gasteiger partial charge in [0, 0.05) is 16.8 Å². The SMILES string of the molecule is CC1(C)CC(Nc2ccc(Cl)cc2)CC(C)(C)C1. The number of nitrogens with one attached hydrogen (secondary N) is 1. The van der Waals surface area contributed by atoms with Crippen LogP contribution in [0.1, 0.15) is 47.0 Å². The van der Waals surface area contributed by atoms with Crippen molar-refractivity contribution in [1.82, 2.24) is 0 Å². The molecule has 1 aliphatic rings. The summed E-state index contributed by atoms with van der Waals surface area (Å²) in [5.41, 5.74) is 2.02. The monoisotopic (exact) mass is 265 g/mol. The minimum Gasteiger partial charge on any atom is -0.382 e. The van der Waals surface area contributed by atoms with Gasteiger partial charge in [0.15, 0.2) is 0 Å². The van der Waals surface area contributed by atoms with Crippen LogP contribution < -0.4 is 5.32 Å². The molecule has 0 aromatic heterocycles. The van der Waals surface area contributed by atoms with Crippen molar-refractivity contribution in [1.29, 1.82) is 0 Å². The number of hydrogen-bond acceptors (Lipinski definition) is 1. The first kappa shape index (κ1) is 13.7. The highest BCUT2D eigenvalue weighted by atomic mass is 35.5. The molecule has 0 heterocycles. The lowest BCUT2D eigenvalue weighted by Crippen LogP contribution is -2.40. The second-order valence-electron chi connectivity index (χ2n) is 7.26. The standard InChI is InChI=1S/C16H24ClN/c1-15(2)9-14(10-16(3,4)11-15)18-13-7-5-12(17)6-8-13/h5-8,14,18H,9-11H2,1-4H3. The molecule has 1 fully saturated rings. The lowest BCUT2D eigenvalue weighted by atomic mass is 9.63. The van der Waals surface area contributed by atoms with Crippen molar-refractivity contribution in [3.05, 3.63) is 29.3 Å². The van der Waals surface area contributed by atoms with E-state index in [1.807, 2.05) is 12.1 Å². The maximum Gasteiger partial charge on any atom is 0.0407 e. The molecular weight excluding hydrogens is 242 g/mol. The summed E-state index contributed by atoms with van der Waals surface area (Å²) in [6.07, 6.45) is 3.77. The summed E-state index contributed by atoms with van der Waals surface area (Å²) >= 11 is 5.92. The highest BCUT2D eigenvalue weighted by molar-refractivity contribution is 6.30. The Kier molecular flexibility index (Phi) is 3.64. The largest absolute Gasteiger partial charge is 0.382 e. The Morgan fingerprint density at radius 3 is 2.00 bits per heavy atom. The van der Waals surface area contributed by atoms with Gasteiger partial charge in [0.25, 0.3) is 0 Å². The molecule has 0 spiro atoms.